The van der Waals surface area contributed by atoms with Crippen molar-refractivity contribution in [1.82, 2.24) is 14.9 Å². The third-order valence-electron chi connectivity index (χ3n) is 5.06. The average Bonchev–Trinajstić information content (AvgIpc) is 3.30. The van der Waals surface area contributed by atoms with Crippen molar-refractivity contribution in [3.05, 3.63) is 65.2 Å². The number of H-pyrrole nitrogens is 1. The van der Waals surface area contributed by atoms with Crippen LogP contribution in [0.15, 0.2) is 42.5 Å². The SMILES string of the molecule is Cc1cccc2[nH]c(COCC(=O)N3CCC[C@H]3c3ccc(F)cc3)nc12. The Kier molecular flexibility index (Phi) is 4.90. The number of carbonyl (C=O) groups is 1. The smallest absolute Gasteiger partial charge is 0.249 e. The molecular formula is C21H22FN3O2. The first kappa shape index (κ1) is 17.7. The molecule has 0 radical (unpaired) electrons. The highest BCUT2D eigenvalue weighted by molar-refractivity contribution is 5.79. The molecule has 1 amide bonds. The van der Waals surface area contributed by atoms with Crippen LogP contribution in [0.4, 0.5) is 4.39 Å². The zero-order valence-electron chi connectivity index (χ0n) is 15.2. The number of hydrogen-bond donors (Lipinski definition) is 1. The zero-order valence-corrected chi connectivity index (χ0v) is 15.2. The lowest BCUT2D eigenvalue weighted by Gasteiger charge is -2.25. The first-order valence-corrected chi connectivity index (χ1v) is 9.19. The molecule has 0 bridgehead atoms. The summed E-state index contributed by atoms with van der Waals surface area (Å²) in [5.74, 6) is 0.400. The van der Waals surface area contributed by atoms with E-state index < -0.39 is 0 Å². The molecule has 1 aliphatic rings. The van der Waals surface area contributed by atoms with Crippen molar-refractivity contribution in [2.24, 2.45) is 0 Å². The molecule has 1 aromatic heterocycles. The van der Waals surface area contributed by atoms with Gasteiger partial charge in [-0.15, -0.1) is 0 Å². The number of benzene rings is 2. The predicted molar refractivity (Wildman–Crippen MR) is 101 cm³/mol. The lowest BCUT2D eigenvalue weighted by molar-refractivity contribution is -0.137. The Balaban J connectivity index is 1.36. The Bertz CT molecular complexity index is 952. The van der Waals surface area contributed by atoms with Crippen LogP contribution in [0.1, 0.15) is 35.8 Å². The number of ether oxygens (including phenoxy) is 1. The Morgan fingerprint density at radius 3 is 2.89 bits per heavy atom. The maximum atomic E-state index is 13.1. The number of nitrogens with zero attached hydrogens (tertiary/aromatic N) is 2. The van der Waals surface area contributed by atoms with E-state index >= 15 is 0 Å². The molecule has 1 aliphatic heterocycles. The minimum absolute atomic E-state index is 0.00412. The summed E-state index contributed by atoms with van der Waals surface area (Å²) in [4.78, 5) is 22.2. The second-order valence-corrected chi connectivity index (χ2v) is 6.94. The molecule has 4 rings (SSSR count). The number of halogens is 1. The number of aromatic nitrogens is 2. The number of nitrogens with one attached hydrogen (secondary N) is 1. The topological polar surface area (TPSA) is 58.2 Å². The summed E-state index contributed by atoms with van der Waals surface area (Å²) >= 11 is 0. The number of imidazole rings is 1. The van der Waals surface area contributed by atoms with Gasteiger partial charge in [0.2, 0.25) is 5.91 Å². The quantitative estimate of drug-likeness (QED) is 0.744. The van der Waals surface area contributed by atoms with Gasteiger partial charge in [-0.2, -0.15) is 0 Å². The van der Waals surface area contributed by atoms with Crippen LogP contribution >= 0.6 is 0 Å². The van der Waals surface area contributed by atoms with E-state index in [0.29, 0.717) is 12.4 Å². The summed E-state index contributed by atoms with van der Waals surface area (Å²) in [6.07, 6.45) is 1.83. The summed E-state index contributed by atoms with van der Waals surface area (Å²) in [7, 11) is 0. The Morgan fingerprint density at radius 1 is 1.30 bits per heavy atom. The number of fused-ring (bicyclic) bond motifs is 1. The first-order valence-electron chi connectivity index (χ1n) is 9.19. The summed E-state index contributed by atoms with van der Waals surface area (Å²) in [5, 5.41) is 0. The number of aryl methyl sites for hydroxylation is 1. The number of amides is 1. The van der Waals surface area contributed by atoms with Gasteiger partial charge in [0.25, 0.3) is 0 Å². The number of para-hydroxylation sites is 1. The van der Waals surface area contributed by atoms with Crippen molar-refractivity contribution in [3.8, 4) is 0 Å². The molecule has 27 heavy (non-hydrogen) atoms. The molecule has 0 unspecified atom stereocenters. The van der Waals surface area contributed by atoms with Gasteiger partial charge in [0, 0.05) is 6.54 Å². The van der Waals surface area contributed by atoms with Crippen LogP contribution in [0.5, 0.6) is 0 Å². The maximum Gasteiger partial charge on any atom is 0.249 e. The fourth-order valence-electron chi connectivity index (χ4n) is 3.71. The summed E-state index contributed by atoms with van der Waals surface area (Å²) in [5.41, 5.74) is 3.97. The van der Waals surface area contributed by atoms with Crippen LogP contribution < -0.4 is 0 Å². The summed E-state index contributed by atoms with van der Waals surface area (Å²) in [6.45, 7) is 2.98. The van der Waals surface area contributed by atoms with Crippen LogP contribution in [-0.2, 0) is 16.1 Å². The van der Waals surface area contributed by atoms with Crippen molar-refractivity contribution in [3.63, 3.8) is 0 Å². The monoisotopic (exact) mass is 367 g/mol. The Morgan fingerprint density at radius 2 is 2.11 bits per heavy atom. The van der Waals surface area contributed by atoms with Crippen LogP contribution in [0.3, 0.4) is 0 Å². The third kappa shape index (κ3) is 3.71. The molecule has 1 saturated heterocycles. The molecule has 1 fully saturated rings. The van der Waals surface area contributed by atoms with Crippen molar-refractivity contribution < 1.29 is 13.9 Å². The van der Waals surface area contributed by atoms with Crippen molar-refractivity contribution in [2.75, 3.05) is 13.2 Å². The van der Waals surface area contributed by atoms with Crippen molar-refractivity contribution in [1.29, 1.82) is 0 Å². The highest BCUT2D eigenvalue weighted by Crippen LogP contribution is 2.32. The van der Waals surface area contributed by atoms with Gasteiger partial charge in [0.05, 0.1) is 17.1 Å². The van der Waals surface area contributed by atoms with E-state index in [2.05, 4.69) is 9.97 Å². The molecule has 0 aliphatic carbocycles. The second-order valence-electron chi connectivity index (χ2n) is 6.94. The fourth-order valence-corrected chi connectivity index (χ4v) is 3.71. The molecule has 1 atom stereocenters. The lowest BCUT2D eigenvalue weighted by atomic mass is 10.0. The number of likely N-dealkylation sites (tertiary alicyclic amines) is 1. The minimum Gasteiger partial charge on any atom is -0.364 e. The fraction of sp³-hybridized carbons (Fsp3) is 0.333. The number of rotatable bonds is 5. The van der Waals surface area contributed by atoms with E-state index in [0.717, 1.165) is 35.0 Å². The molecule has 2 heterocycles. The highest BCUT2D eigenvalue weighted by atomic mass is 19.1. The van der Waals surface area contributed by atoms with Crippen molar-refractivity contribution in [2.45, 2.75) is 32.4 Å². The largest absolute Gasteiger partial charge is 0.364 e. The third-order valence-corrected chi connectivity index (χ3v) is 5.06. The molecule has 0 spiro atoms. The van der Waals surface area contributed by atoms with Gasteiger partial charge in [-0.05, 0) is 49.1 Å². The van der Waals surface area contributed by atoms with E-state index in [9.17, 15) is 9.18 Å². The average molecular weight is 367 g/mol. The van der Waals surface area contributed by atoms with Gasteiger partial charge in [-0.3, -0.25) is 4.79 Å². The van der Waals surface area contributed by atoms with Gasteiger partial charge in [0.1, 0.15) is 24.9 Å². The van der Waals surface area contributed by atoms with Gasteiger partial charge in [-0.25, -0.2) is 9.37 Å². The first-order chi connectivity index (χ1) is 13.1. The highest BCUT2D eigenvalue weighted by Gasteiger charge is 2.29. The summed E-state index contributed by atoms with van der Waals surface area (Å²) < 4.78 is 18.8. The molecule has 2 aromatic carbocycles. The van der Waals surface area contributed by atoms with E-state index in [1.165, 1.54) is 12.1 Å². The molecule has 5 nitrogen and oxygen atoms in total. The van der Waals surface area contributed by atoms with E-state index in [4.69, 9.17) is 4.74 Å². The Hall–Kier alpha value is -2.73. The minimum atomic E-state index is -0.265. The maximum absolute atomic E-state index is 13.1. The Labute approximate surface area is 157 Å². The van der Waals surface area contributed by atoms with Crippen LogP contribution in [-0.4, -0.2) is 33.9 Å². The zero-order chi connectivity index (χ0) is 18.8. The molecule has 0 saturated carbocycles. The summed E-state index contributed by atoms with van der Waals surface area (Å²) in [6, 6.07) is 12.4. The van der Waals surface area contributed by atoms with Crippen LogP contribution in [0.2, 0.25) is 0 Å². The number of hydrogen-bond acceptors (Lipinski definition) is 3. The molecular weight excluding hydrogens is 345 g/mol. The van der Waals surface area contributed by atoms with E-state index in [1.54, 1.807) is 12.1 Å². The second kappa shape index (κ2) is 7.48. The lowest BCUT2D eigenvalue weighted by Crippen LogP contribution is -2.33. The normalized spacial score (nSPS) is 17.0. The van der Waals surface area contributed by atoms with E-state index in [1.807, 2.05) is 30.0 Å². The van der Waals surface area contributed by atoms with Crippen molar-refractivity contribution >= 4 is 16.9 Å². The molecule has 1 N–H and O–H groups in total. The number of carbonyl (C=O) groups excluding carboxylic acids is 1. The predicted octanol–water partition coefficient (Wildman–Crippen LogP) is 3.89. The van der Waals surface area contributed by atoms with E-state index in [-0.39, 0.29) is 31.0 Å². The number of aromatic amines is 1. The molecule has 3 aromatic rings. The molecule has 6 heteroatoms. The standard InChI is InChI=1S/C21H22FN3O2/c1-14-4-2-5-17-21(14)24-19(23-17)12-27-13-20(26)25-11-3-6-18(25)15-7-9-16(22)10-8-15/h2,4-5,7-10,18H,3,6,11-13H2,1H3,(H,23,24)/t18-/m0/s1. The van der Waals surface area contributed by atoms with Gasteiger partial charge >= 0.3 is 0 Å². The van der Waals surface area contributed by atoms with Gasteiger partial charge in [-0.1, -0.05) is 24.3 Å². The van der Waals surface area contributed by atoms with Gasteiger partial charge < -0.3 is 14.6 Å². The van der Waals surface area contributed by atoms with Gasteiger partial charge in [0.15, 0.2) is 0 Å². The van der Waals surface area contributed by atoms with Crippen LogP contribution in [0.25, 0.3) is 11.0 Å². The van der Waals surface area contributed by atoms with Crippen LogP contribution in [0, 0.1) is 12.7 Å². The molecule has 140 valence electrons.